The molecule has 4 heterocycles. The standard InChI is InChI=1S/C16H21N5O.CH4S/c1-10(22)15-20-12-9-19-14-11(3-6-18-14)13(12)21(15)16(2)4-7-17-8-5-16;1-2/h3,6,9-10,17,22H,4-5,7-8H2,1-2H3,(H,18,19);2H,1H3. The Morgan fingerprint density at radius 1 is 1.33 bits per heavy atom. The first kappa shape index (κ1) is 17.3. The maximum absolute atomic E-state index is 10.2. The SMILES string of the molecule is CC(O)c1nc2cnc3[nH]ccc3c2n1C1(C)CCNCC1.CS. The van der Waals surface area contributed by atoms with Gasteiger partial charge >= 0.3 is 0 Å². The molecule has 4 rings (SSSR count). The van der Waals surface area contributed by atoms with E-state index in [2.05, 4.69) is 44.4 Å². The zero-order valence-corrected chi connectivity index (χ0v) is 15.3. The number of piperidine rings is 1. The summed E-state index contributed by atoms with van der Waals surface area (Å²) in [6, 6.07) is 2.04. The Morgan fingerprint density at radius 3 is 2.71 bits per heavy atom. The van der Waals surface area contributed by atoms with Gasteiger partial charge in [-0.05, 0) is 52.1 Å². The molecule has 0 radical (unpaired) electrons. The highest BCUT2D eigenvalue weighted by atomic mass is 32.1. The summed E-state index contributed by atoms with van der Waals surface area (Å²) in [5, 5.41) is 14.7. The maximum atomic E-state index is 10.2. The third-order valence-electron chi connectivity index (χ3n) is 4.82. The lowest BCUT2D eigenvalue weighted by Crippen LogP contribution is -2.42. The van der Waals surface area contributed by atoms with Crippen molar-refractivity contribution < 1.29 is 5.11 Å². The number of nitrogens with zero attached hydrogens (tertiary/aromatic N) is 3. The predicted octanol–water partition coefficient (Wildman–Crippen LogP) is 2.61. The van der Waals surface area contributed by atoms with Gasteiger partial charge in [-0.3, -0.25) is 0 Å². The Kier molecular flexibility index (Phi) is 4.85. The third-order valence-corrected chi connectivity index (χ3v) is 4.82. The molecule has 1 saturated heterocycles. The first-order valence-corrected chi connectivity index (χ1v) is 9.18. The van der Waals surface area contributed by atoms with E-state index in [1.54, 1.807) is 19.4 Å². The van der Waals surface area contributed by atoms with Gasteiger partial charge in [0.05, 0.1) is 11.7 Å². The highest BCUT2D eigenvalue weighted by Crippen LogP contribution is 2.36. The zero-order chi connectivity index (χ0) is 17.3. The van der Waals surface area contributed by atoms with Gasteiger partial charge in [0.2, 0.25) is 0 Å². The molecule has 3 aromatic rings. The lowest BCUT2D eigenvalue weighted by atomic mass is 9.89. The Hall–Kier alpha value is -1.57. The van der Waals surface area contributed by atoms with Crippen molar-refractivity contribution in [3.05, 3.63) is 24.3 Å². The fraction of sp³-hybridized carbons (Fsp3) is 0.529. The molecule has 24 heavy (non-hydrogen) atoms. The lowest BCUT2D eigenvalue weighted by molar-refractivity contribution is 0.159. The van der Waals surface area contributed by atoms with Crippen LogP contribution in [0.4, 0.5) is 0 Å². The number of fused-ring (bicyclic) bond motifs is 3. The zero-order valence-electron chi connectivity index (χ0n) is 14.4. The molecule has 7 heteroatoms. The normalized spacial score (nSPS) is 18.4. The summed E-state index contributed by atoms with van der Waals surface area (Å²) in [6.07, 6.45) is 6.83. The summed E-state index contributed by atoms with van der Waals surface area (Å²) in [7, 11) is 0. The average molecular weight is 347 g/mol. The van der Waals surface area contributed by atoms with Gasteiger partial charge in [-0.15, -0.1) is 0 Å². The van der Waals surface area contributed by atoms with Crippen LogP contribution < -0.4 is 5.32 Å². The van der Waals surface area contributed by atoms with Crippen molar-refractivity contribution in [2.75, 3.05) is 19.3 Å². The van der Waals surface area contributed by atoms with Crippen LogP contribution in [0.3, 0.4) is 0 Å². The molecule has 1 unspecified atom stereocenters. The summed E-state index contributed by atoms with van der Waals surface area (Å²) in [6.45, 7) is 6.01. The third kappa shape index (κ3) is 2.70. The average Bonchev–Trinajstić information content (AvgIpc) is 3.21. The summed E-state index contributed by atoms with van der Waals surface area (Å²) >= 11 is 3.53. The van der Waals surface area contributed by atoms with Gasteiger partial charge in [0.25, 0.3) is 0 Å². The maximum Gasteiger partial charge on any atom is 0.139 e. The van der Waals surface area contributed by atoms with Crippen LogP contribution in [0.25, 0.3) is 22.1 Å². The fourth-order valence-electron chi connectivity index (χ4n) is 3.60. The monoisotopic (exact) mass is 347 g/mol. The molecule has 1 aliphatic rings. The molecule has 6 nitrogen and oxygen atoms in total. The minimum Gasteiger partial charge on any atom is -0.385 e. The van der Waals surface area contributed by atoms with Crippen molar-refractivity contribution in [3.8, 4) is 0 Å². The number of hydrogen-bond donors (Lipinski definition) is 4. The van der Waals surface area contributed by atoms with E-state index < -0.39 is 6.10 Å². The molecular weight excluding hydrogens is 322 g/mol. The smallest absolute Gasteiger partial charge is 0.139 e. The van der Waals surface area contributed by atoms with Gasteiger partial charge < -0.3 is 20.0 Å². The molecule has 3 N–H and O–H groups in total. The summed E-state index contributed by atoms with van der Waals surface area (Å²) in [4.78, 5) is 12.3. The first-order valence-electron chi connectivity index (χ1n) is 8.28. The van der Waals surface area contributed by atoms with E-state index in [0.29, 0.717) is 0 Å². The largest absolute Gasteiger partial charge is 0.385 e. The number of nitrogens with one attached hydrogen (secondary N) is 2. The summed E-state index contributed by atoms with van der Waals surface area (Å²) in [5.74, 6) is 0.731. The number of hydrogen-bond acceptors (Lipinski definition) is 5. The predicted molar refractivity (Wildman–Crippen MR) is 101 cm³/mol. The summed E-state index contributed by atoms with van der Waals surface area (Å²) in [5.41, 5.74) is 2.75. The van der Waals surface area contributed by atoms with Crippen molar-refractivity contribution in [1.82, 2.24) is 24.8 Å². The van der Waals surface area contributed by atoms with Crippen LogP contribution in [0.1, 0.15) is 38.6 Å². The minimum atomic E-state index is -0.604. The Morgan fingerprint density at radius 2 is 2.04 bits per heavy atom. The van der Waals surface area contributed by atoms with Gasteiger partial charge in [-0.25, -0.2) is 9.97 Å². The molecule has 0 amide bonds. The van der Waals surface area contributed by atoms with Crippen LogP contribution in [0.15, 0.2) is 18.5 Å². The molecule has 0 bridgehead atoms. The van der Waals surface area contributed by atoms with Gasteiger partial charge in [0, 0.05) is 17.1 Å². The number of aliphatic hydroxyl groups is 1. The van der Waals surface area contributed by atoms with Gasteiger partial charge in [0.1, 0.15) is 23.1 Å². The van der Waals surface area contributed by atoms with Crippen LogP contribution in [0.5, 0.6) is 0 Å². The number of aromatic nitrogens is 4. The molecule has 0 spiro atoms. The van der Waals surface area contributed by atoms with Crippen LogP contribution in [0.2, 0.25) is 0 Å². The van der Waals surface area contributed by atoms with E-state index >= 15 is 0 Å². The molecule has 130 valence electrons. The molecule has 0 saturated carbocycles. The Balaban J connectivity index is 0.000000815. The van der Waals surface area contributed by atoms with E-state index in [4.69, 9.17) is 0 Å². The van der Waals surface area contributed by atoms with Crippen molar-refractivity contribution in [1.29, 1.82) is 0 Å². The number of H-pyrrole nitrogens is 1. The number of pyridine rings is 1. The molecule has 1 atom stereocenters. The van der Waals surface area contributed by atoms with Gasteiger partial charge in [-0.1, -0.05) is 0 Å². The molecule has 1 fully saturated rings. The Labute approximate surface area is 147 Å². The van der Waals surface area contributed by atoms with Crippen molar-refractivity contribution in [3.63, 3.8) is 0 Å². The molecular formula is C17H25N5OS. The summed E-state index contributed by atoms with van der Waals surface area (Å²) < 4.78 is 2.26. The molecule has 0 aliphatic carbocycles. The van der Waals surface area contributed by atoms with Crippen LogP contribution >= 0.6 is 12.6 Å². The second-order valence-electron chi connectivity index (χ2n) is 6.46. The Bertz CT molecular complexity index is 832. The molecule has 1 aliphatic heterocycles. The second kappa shape index (κ2) is 6.74. The molecule has 0 aromatic carbocycles. The lowest BCUT2D eigenvalue weighted by Gasteiger charge is -2.37. The number of imidazole rings is 1. The van der Waals surface area contributed by atoms with Crippen LogP contribution in [0, 0.1) is 0 Å². The number of rotatable bonds is 2. The van der Waals surface area contributed by atoms with Gasteiger partial charge in [-0.2, -0.15) is 12.6 Å². The van der Waals surface area contributed by atoms with E-state index in [1.165, 1.54) is 0 Å². The van der Waals surface area contributed by atoms with E-state index in [0.717, 1.165) is 53.8 Å². The van der Waals surface area contributed by atoms with Crippen molar-refractivity contribution >= 4 is 34.7 Å². The highest BCUT2D eigenvalue weighted by Gasteiger charge is 2.34. The second-order valence-corrected chi connectivity index (χ2v) is 6.46. The number of aromatic amines is 1. The fourth-order valence-corrected chi connectivity index (χ4v) is 3.60. The van der Waals surface area contributed by atoms with Gasteiger partial charge in [0.15, 0.2) is 0 Å². The molecule has 3 aromatic heterocycles. The quantitative estimate of drug-likeness (QED) is 0.537. The van der Waals surface area contributed by atoms with Crippen LogP contribution in [-0.2, 0) is 5.54 Å². The van der Waals surface area contributed by atoms with E-state index in [1.807, 2.05) is 12.3 Å². The number of aliphatic hydroxyl groups excluding tert-OH is 1. The number of thiol groups is 1. The highest BCUT2D eigenvalue weighted by molar-refractivity contribution is 7.79. The van der Waals surface area contributed by atoms with Crippen LogP contribution in [-0.4, -0.2) is 44.0 Å². The minimum absolute atomic E-state index is 0.0438. The van der Waals surface area contributed by atoms with E-state index in [-0.39, 0.29) is 5.54 Å². The topological polar surface area (TPSA) is 78.8 Å². The van der Waals surface area contributed by atoms with E-state index in [9.17, 15) is 5.11 Å². The van der Waals surface area contributed by atoms with Crippen molar-refractivity contribution in [2.45, 2.75) is 38.3 Å². The first-order chi connectivity index (χ1) is 11.6. The van der Waals surface area contributed by atoms with Crippen molar-refractivity contribution in [2.24, 2.45) is 0 Å².